The molecule has 0 saturated carbocycles. The molecule has 1 fully saturated rings. The van der Waals surface area contributed by atoms with Crippen LogP contribution >= 0.6 is 11.6 Å². The fourth-order valence-electron chi connectivity index (χ4n) is 2.81. The molecule has 0 amide bonds. The van der Waals surface area contributed by atoms with Crippen LogP contribution in [0.25, 0.3) is 0 Å². The molecule has 1 unspecified atom stereocenters. The Bertz CT molecular complexity index is 619. The van der Waals surface area contributed by atoms with E-state index in [1.807, 2.05) is 6.92 Å². The van der Waals surface area contributed by atoms with Gasteiger partial charge in [-0.05, 0) is 19.1 Å². The Morgan fingerprint density at radius 3 is 2.80 bits per heavy atom. The highest BCUT2D eigenvalue weighted by atomic mass is 35.5. The molecule has 1 aliphatic heterocycles. The fraction of sp³-hybridized carbons (Fsp3) is 0.429. The van der Waals surface area contributed by atoms with Gasteiger partial charge in [0.25, 0.3) is 0 Å². The lowest BCUT2D eigenvalue weighted by atomic mass is 9.73. The van der Waals surface area contributed by atoms with Crippen LogP contribution in [0.15, 0.2) is 30.9 Å². The predicted octanol–water partition coefficient (Wildman–Crippen LogP) is 3.02. The lowest BCUT2D eigenvalue weighted by Crippen LogP contribution is -2.57. The van der Waals surface area contributed by atoms with Crippen molar-refractivity contribution in [3.05, 3.63) is 47.3 Å². The molecule has 2 heterocycles. The van der Waals surface area contributed by atoms with Crippen molar-refractivity contribution in [2.75, 3.05) is 0 Å². The summed E-state index contributed by atoms with van der Waals surface area (Å²) in [4.78, 5) is 3.94. The summed E-state index contributed by atoms with van der Waals surface area (Å²) < 4.78 is 21.0. The number of halogens is 2. The van der Waals surface area contributed by atoms with Crippen molar-refractivity contribution >= 4 is 11.6 Å². The van der Waals surface area contributed by atoms with Crippen molar-refractivity contribution in [1.82, 2.24) is 14.8 Å². The predicted molar refractivity (Wildman–Crippen MR) is 72.8 cm³/mol. The molecule has 4 nitrogen and oxygen atoms in total. The lowest BCUT2D eigenvalue weighted by molar-refractivity contribution is -0.263. The van der Waals surface area contributed by atoms with Gasteiger partial charge in [-0.1, -0.05) is 24.6 Å². The quantitative estimate of drug-likeness (QED) is 0.874. The smallest absolute Gasteiger partial charge is 0.137 e. The molecule has 106 valence electrons. The summed E-state index contributed by atoms with van der Waals surface area (Å²) >= 11 is 6.21. The van der Waals surface area contributed by atoms with E-state index in [1.54, 1.807) is 17.1 Å². The van der Waals surface area contributed by atoms with Gasteiger partial charge in [0.1, 0.15) is 24.1 Å². The van der Waals surface area contributed by atoms with Crippen LogP contribution in [0.3, 0.4) is 0 Å². The average Bonchev–Trinajstić information content (AvgIpc) is 2.90. The van der Waals surface area contributed by atoms with E-state index in [9.17, 15) is 4.39 Å². The molecule has 1 aromatic carbocycles. The zero-order chi connectivity index (χ0) is 14.3. The maximum atomic E-state index is 13.3. The number of aromatic nitrogens is 3. The molecule has 6 heteroatoms. The van der Waals surface area contributed by atoms with Gasteiger partial charge >= 0.3 is 0 Å². The maximum Gasteiger partial charge on any atom is 0.137 e. The van der Waals surface area contributed by atoms with Gasteiger partial charge in [-0.25, -0.2) is 14.1 Å². The molecule has 0 aliphatic carbocycles. The summed E-state index contributed by atoms with van der Waals surface area (Å²) in [6.07, 6.45) is 3.24. The number of benzene rings is 1. The molecular weight excluding hydrogens is 281 g/mol. The number of hydrogen-bond donors (Lipinski definition) is 0. The fourth-order valence-corrected chi connectivity index (χ4v) is 3.14. The molecule has 20 heavy (non-hydrogen) atoms. The number of hydrogen-bond acceptors (Lipinski definition) is 3. The van der Waals surface area contributed by atoms with E-state index in [0.717, 1.165) is 5.56 Å². The molecule has 1 aliphatic rings. The highest BCUT2D eigenvalue weighted by Gasteiger charge is 2.53. The van der Waals surface area contributed by atoms with Crippen molar-refractivity contribution < 1.29 is 9.13 Å². The van der Waals surface area contributed by atoms with Crippen LogP contribution in [0.1, 0.15) is 19.4 Å². The Kier molecular flexibility index (Phi) is 3.26. The van der Waals surface area contributed by atoms with Gasteiger partial charge in [-0.3, -0.25) is 0 Å². The molecule has 1 aromatic heterocycles. The van der Waals surface area contributed by atoms with Gasteiger partial charge in [0.15, 0.2) is 0 Å². The van der Waals surface area contributed by atoms with E-state index in [-0.39, 0.29) is 17.8 Å². The monoisotopic (exact) mass is 295 g/mol. The summed E-state index contributed by atoms with van der Waals surface area (Å²) in [6, 6.07) is 4.42. The molecule has 0 spiro atoms. The molecule has 1 saturated heterocycles. The summed E-state index contributed by atoms with van der Waals surface area (Å²) in [5.74, 6) is -0.107. The van der Waals surface area contributed by atoms with Crippen molar-refractivity contribution in [3.63, 3.8) is 0 Å². The lowest BCUT2D eigenvalue weighted by Gasteiger charge is -2.53. The molecule has 2 aromatic rings. The summed E-state index contributed by atoms with van der Waals surface area (Å²) in [5, 5.41) is 4.50. The first kappa shape index (κ1) is 13.5. The second-order valence-electron chi connectivity index (χ2n) is 5.22. The SMILES string of the molecule is CC1O[C@@](Cn2cncn2)(c2ccc(F)cc2Cl)[C@H]1C. The molecular formula is C14H15ClFN3O. The third kappa shape index (κ3) is 2.01. The second-order valence-corrected chi connectivity index (χ2v) is 5.63. The molecule has 0 radical (unpaired) electrons. The third-order valence-electron chi connectivity index (χ3n) is 4.09. The van der Waals surface area contributed by atoms with Crippen LogP contribution in [0, 0.1) is 11.7 Å². The van der Waals surface area contributed by atoms with Gasteiger partial charge in [0.05, 0.1) is 12.6 Å². The van der Waals surface area contributed by atoms with Crippen LogP contribution < -0.4 is 0 Å². The van der Waals surface area contributed by atoms with E-state index in [1.165, 1.54) is 18.5 Å². The van der Waals surface area contributed by atoms with Gasteiger partial charge in [0, 0.05) is 16.5 Å². The first-order valence-electron chi connectivity index (χ1n) is 6.49. The first-order valence-corrected chi connectivity index (χ1v) is 6.86. The number of nitrogens with zero attached hydrogens (tertiary/aromatic N) is 3. The largest absolute Gasteiger partial charge is 0.365 e. The van der Waals surface area contributed by atoms with Crippen molar-refractivity contribution in [1.29, 1.82) is 0 Å². The van der Waals surface area contributed by atoms with E-state index >= 15 is 0 Å². The molecule has 3 rings (SSSR count). The van der Waals surface area contributed by atoms with E-state index < -0.39 is 5.60 Å². The first-order chi connectivity index (χ1) is 9.53. The highest BCUT2D eigenvalue weighted by molar-refractivity contribution is 6.31. The Morgan fingerprint density at radius 2 is 2.25 bits per heavy atom. The average molecular weight is 296 g/mol. The Labute approximate surface area is 121 Å². The highest BCUT2D eigenvalue weighted by Crippen LogP contribution is 2.50. The minimum atomic E-state index is -0.585. The van der Waals surface area contributed by atoms with E-state index in [4.69, 9.17) is 16.3 Å². The van der Waals surface area contributed by atoms with Gasteiger partial charge in [-0.2, -0.15) is 5.10 Å². The van der Waals surface area contributed by atoms with Crippen LogP contribution in [0.5, 0.6) is 0 Å². The summed E-state index contributed by atoms with van der Waals surface area (Å²) in [7, 11) is 0. The minimum absolute atomic E-state index is 0.125. The summed E-state index contributed by atoms with van der Waals surface area (Å²) in [5.41, 5.74) is 0.208. The van der Waals surface area contributed by atoms with Gasteiger partial charge in [-0.15, -0.1) is 0 Å². The van der Waals surface area contributed by atoms with Crippen molar-refractivity contribution in [3.8, 4) is 0 Å². The Morgan fingerprint density at radius 1 is 1.45 bits per heavy atom. The number of rotatable bonds is 3. The molecule has 3 atom stereocenters. The Hall–Kier alpha value is -1.46. The van der Waals surface area contributed by atoms with Crippen LogP contribution in [0.2, 0.25) is 5.02 Å². The second kappa shape index (κ2) is 4.82. The molecule has 0 bridgehead atoms. The topological polar surface area (TPSA) is 39.9 Å². The normalized spacial score (nSPS) is 29.2. The summed E-state index contributed by atoms with van der Waals surface area (Å²) in [6.45, 7) is 4.62. The number of ether oxygens (including phenoxy) is 1. The van der Waals surface area contributed by atoms with Crippen LogP contribution in [-0.4, -0.2) is 20.9 Å². The van der Waals surface area contributed by atoms with Gasteiger partial charge < -0.3 is 4.74 Å². The molecule has 0 N–H and O–H groups in total. The standard InChI is InChI=1S/C14H15ClFN3O/c1-9-10(2)20-14(9,6-19-8-17-7-18-19)12-4-3-11(16)5-13(12)15/h3-5,7-10H,6H2,1-2H3/t9-,10?,14+/m0/s1. The van der Waals surface area contributed by atoms with Gasteiger partial charge in [0.2, 0.25) is 0 Å². The van der Waals surface area contributed by atoms with Crippen molar-refractivity contribution in [2.24, 2.45) is 5.92 Å². The zero-order valence-electron chi connectivity index (χ0n) is 11.3. The minimum Gasteiger partial charge on any atom is -0.365 e. The van der Waals surface area contributed by atoms with Crippen LogP contribution in [-0.2, 0) is 16.9 Å². The maximum absolute atomic E-state index is 13.3. The third-order valence-corrected chi connectivity index (χ3v) is 4.40. The van der Waals surface area contributed by atoms with Crippen molar-refractivity contribution in [2.45, 2.75) is 32.1 Å². The van der Waals surface area contributed by atoms with E-state index in [2.05, 4.69) is 17.0 Å². The van der Waals surface area contributed by atoms with Crippen LogP contribution in [0.4, 0.5) is 4.39 Å². The zero-order valence-corrected chi connectivity index (χ0v) is 12.0. The van der Waals surface area contributed by atoms with E-state index in [0.29, 0.717) is 11.6 Å². The Balaban J connectivity index is 2.02.